The molecule has 5 nitrogen and oxygen atoms in total. The highest BCUT2D eigenvalue weighted by atomic mass is 31.2. The Hall–Kier alpha value is -0.710. The Kier molecular flexibility index (Phi) is 6.40. The Morgan fingerprint density at radius 1 is 1.12 bits per heavy atom. The molecular formula is C11H19N2O3P. The van der Waals surface area contributed by atoms with Gasteiger partial charge in [-0.2, -0.15) is 5.20 Å². The molecule has 0 spiro atoms. The summed E-state index contributed by atoms with van der Waals surface area (Å²) in [6.45, 7) is 4.74. The summed E-state index contributed by atoms with van der Waals surface area (Å²) in [7, 11) is -3.22. The van der Waals surface area contributed by atoms with Gasteiger partial charge in [-0.15, -0.1) is 0 Å². The molecule has 0 aliphatic rings. The van der Waals surface area contributed by atoms with Crippen LogP contribution in [0.3, 0.4) is 0 Å². The highest BCUT2D eigenvalue weighted by Crippen LogP contribution is 2.42. The highest BCUT2D eigenvalue weighted by molar-refractivity contribution is 7.51. The van der Waals surface area contributed by atoms with Crippen LogP contribution in [-0.4, -0.2) is 13.2 Å². The van der Waals surface area contributed by atoms with Gasteiger partial charge in [-0.1, -0.05) is 30.3 Å². The summed E-state index contributed by atoms with van der Waals surface area (Å²) in [4.78, 5) is 0. The number of benzene rings is 1. The molecule has 6 heteroatoms. The van der Waals surface area contributed by atoms with Gasteiger partial charge in [0.2, 0.25) is 0 Å². The van der Waals surface area contributed by atoms with E-state index in [2.05, 4.69) is 10.6 Å². The molecule has 0 aromatic heterocycles. The minimum atomic E-state index is -3.22. The lowest BCUT2D eigenvalue weighted by atomic mass is 10.2. The van der Waals surface area contributed by atoms with Crippen molar-refractivity contribution in [3.63, 3.8) is 0 Å². The molecule has 0 amide bonds. The first-order valence-electron chi connectivity index (χ1n) is 5.63. The lowest BCUT2D eigenvalue weighted by Gasteiger charge is -2.18. The minimum absolute atomic E-state index is 0.331. The summed E-state index contributed by atoms with van der Waals surface area (Å²) in [6.07, 6.45) is 0. The zero-order valence-electron chi connectivity index (χ0n) is 10.2. The number of nitrogens with one attached hydrogen (secondary N) is 2. The van der Waals surface area contributed by atoms with Crippen molar-refractivity contribution in [3.8, 4) is 0 Å². The van der Waals surface area contributed by atoms with E-state index in [9.17, 15) is 4.57 Å². The van der Waals surface area contributed by atoms with E-state index < -0.39 is 7.75 Å². The fourth-order valence-corrected chi connectivity index (χ4v) is 2.43. The van der Waals surface area contributed by atoms with Gasteiger partial charge < -0.3 is 0 Å². The molecule has 0 bridgehead atoms. The maximum absolute atomic E-state index is 12.0. The summed E-state index contributed by atoms with van der Waals surface area (Å²) in [6, 6.07) is 9.79. The van der Waals surface area contributed by atoms with Gasteiger partial charge in [0.15, 0.2) is 0 Å². The van der Waals surface area contributed by atoms with E-state index in [-0.39, 0.29) is 0 Å². The molecule has 0 aliphatic carbocycles. The highest BCUT2D eigenvalue weighted by Gasteiger charge is 2.22. The van der Waals surface area contributed by atoms with Crippen molar-refractivity contribution in [2.75, 3.05) is 13.2 Å². The van der Waals surface area contributed by atoms with Crippen molar-refractivity contribution in [2.24, 2.45) is 0 Å². The summed E-state index contributed by atoms with van der Waals surface area (Å²) < 4.78 is 22.1. The predicted octanol–water partition coefficient (Wildman–Crippen LogP) is 2.46. The molecule has 1 rings (SSSR count). The first-order valence-corrected chi connectivity index (χ1v) is 7.17. The third-order valence-corrected chi connectivity index (χ3v) is 3.58. The van der Waals surface area contributed by atoms with Gasteiger partial charge in [-0.05, 0) is 19.4 Å². The Labute approximate surface area is 102 Å². The lowest BCUT2D eigenvalue weighted by Crippen LogP contribution is -2.30. The molecule has 17 heavy (non-hydrogen) atoms. The molecule has 96 valence electrons. The molecule has 0 saturated carbocycles. The molecule has 0 radical (unpaired) electrons. The molecule has 1 aromatic rings. The monoisotopic (exact) mass is 258 g/mol. The molecule has 0 saturated heterocycles. The maximum Gasteiger partial charge on any atom is 0.418 e. The topological polar surface area (TPSA) is 59.6 Å². The molecule has 1 aromatic carbocycles. The first-order chi connectivity index (χ1) is 8.20. The first kappa shape index (κ1) is 14.4. The average Bonchev–Trinajstić information content (AvgIpc) is 2.31. The molecular weight excluding hydrogens is 239 g/mol. The Morgan fingerprint density at radius 3 is 2.24 bits per heavy atom. The lowest BCUT2D eigenvalue weighted by molar-refractivity contribution is 0.205. The summed E-state index contributed by atoms with van der Waals surface area (Å²) in [5.74, 6) is 0. The Balaban J connectivity index is 2.40. The second kappa shape index (κ2) is 7.58. The van der Waals surface area contributed by atoms with Gasteiger partial charge in [0.25, 0.3) is 0 Å². The standard InChI is InChI=1S/C11H19N2O3P/c1-3-15-17(14,16-4-2)13-12-10-11-8-6-5-7-9-11/h5-9,12H,3-4,10H2,1-2H3,(H,13,14). The maximum atomic E-state index is 12.0. The number of hydrazine groups is 1. The second-order valence-corrected chi connectivity index (χ2v) is 5.02. The van der Waals surface area contributed by atoms with Crippen LogP contribution in [-0.2, 0) is 20.2 Å². The fourth-order valence-electron chi connectivity index (χ4n) is 1.28. The molecule has 0 fully saturated rings. The van der Waals surface area contributed by atoms with E-state index in [1.165, 1.54) is 0 Å². The van der Waals surface area contributed by atoms with Crippen LogP contribution in [0.15, 0.2) is 30.3 Å². The van der Waals surface area contributed by atoms with Gasteiger partial charge in [-0.3, -0.25) is 9.05 Å². The normalized spacial score (nSPS) is 11.6. The molecule has 0 atom stereocenters. The second-order valence-electron chi connectivity index (χ2n) is 3.28. The van der Waals surface area contributed by atoms with E-state index in [0.29, 0.717) is 19.8 Å². The predicted molar refractivity (Wildman–Crippen MR) is 67.3 cm³/mol. The zero-order valence-corrected chi connectivity index (χ0v) is 11.1. The Morgan fingerprint density at radius 2 is 1.71 bits per heavy atom. The van der Waals surface area contributed by atoms with Crippen LogP contribution in [0.1, 0.15) is 19.4 Å². The molecule has 0 aliphatic heterocycles. The largest absolute Gasteiger partial charge is 0.418 e. The molecule has 0 unspecified atom stereocenters. The van der Waals surface area contributed by atoms with Crippen molar-refractivity contribution in [2.45, 2.75) is 20.4 Å². The van der Waals surface area contributed by atoms with E-state index in [4.69, 9.17) is 9.05 Å². The van der Waals surface area contributed by atoms with Crippen molar-refractivity contribution in [3.05, 3.63) is 35.9 Å². The third-order valence-electron chi connectivity index (χ3n) is 1.95. The molecule has 2 N–H and O–H groups in total. The van der Waals surface area contributed by atoms with Crippen molar-refractivity contribution in [1.82, 2.24) is 10.6 Å². The van der Waals surface area contributed by atoms with Gasteiger partial charge in [-0.25, -0.2) is 9.99 Å². The van der Waals surface area contributed by atoms with Crippen LogP contribution >= 0.6 is 7.75 Å². The zero-order chi connectivity index (χ0) is 12.6. The Bertz CT molecular complexity index is 349. The van der Waals surface area contributed by atoms with Gasteiger partial charge >= 0.3 is 7.75 Å². The van der Waals surface area contributed by atoms with Crippen molar-refractivity contribution >= 4 is 7.75 Å². The summed E-state index contributed by atoms with van der Waals surface area (Å²) in [5, 5.41) is 2.61. The fraction of sp³-hybridized carbons (Fsp3) is 0.455. The van der Waals surface area contributed by atoms with Crippen LogP contribution in [0.25, 0.3) is 0 Å². The quantitative estimate of drug-likeness (QED) is 0.554. The van der Waals surface area contributed by atoms with Crippen LogP contribution in [0.2, 0.25) is 0 Å². The van der Waals surface area contributed by atoms with Gasteiger partial charge in [0.05, 0.1) is 13.2 Å². The van der Waals surface area contributed by atoms with Crippen LogP contribution in [0.4, 0.5) is 0 Å². The van der Waals surface area contributed by atoms with Gasteiger partial charge in [0.1, 0.15) is 0 Å². The van der Waals surface area contributed by atoms with E-state index >= 15 is 0 Å². The smallest absolute Gasteiger partial charge is 0.296 e. The van der Waals surface area contributed by atoms with Crippen LogP contribution < -0.4 is 10.6 Å². The summed E-state index contributed by atoms with van der Waals surface area (Å²) in [5.41, 5.74) is 3.93. The summed E-state index contributed by atoms with van der Waals surface area (Å²) >= 11 is 0. The van der Waals surface area contributed by atoms with E-state index in [0.717, 1.165) is 5.56 Å². The minimum Gasteiger partial charge on any atom is -0.296 e. The van der Waals surface area contributed by atoms with Crippen LogP contribution in [0.5, 0.6) is 0 Å². The van der Waals surface area contributed by atoms with Gasteiger partial charge in [0, 0.05) is 6.54 Å². The van der Waals surface area contributed by atoms with Crippen LogP contribution in [0, 0.1) is 0 Å². The van der Waals surface area contributed by atoms with E-state index in [1.807, 2.05) is 30.3 Å². The van der Waals surface area contributed by atoms with Crippen molar-refractivity contribution < 1.29 is 13.6 Å². The number of rotatable bonds is 8. The molecule has 0 heterocycles. The SMILES string of the molecule is CCOP(=O)(NNCc1ccccc1)OCC. The third kappa shape index (κ3) is 5.44. The van der Waals surface area contributed by atoms with E-state index in [1.54, 1.807) is 13.8 Å². The average molecular weight is 258 g/mol. The van der Waals surface area contributed by atoms with Crippen molar-refractivity contribution in [1.29, 1.82) is 0 Å². The number of hydrogen-bond donors (Lipinski definition) is 2. The number of hydrogen-bond acceptors (Lipinski definition) is 4.